The average molecular weight is 422 g/mol. The van der Waals surface area contributed by atoms with E-state index in [1.165, 1.54) is 17.0 Å². The maximum absolute atomic E-state index is 13.1. The van der Waals surface area contributed by atoms with E-state index in [0.29, 0.717) is 17.0 Å². The Bertz CT molecular complexity index is 1200. The van der Waals surface area contributed by atoms with Gasteiger partial charge in [0.25, 0.3) is 17.5 Å². The molecule has 31 heavy (non-hydrogen) atoms. The molecule has 0 bridgehead atoms. The maximum Gasteiger partial charge on any atom is 0.269 e. The fourth-order valence-electron chi connectivity index (χ4n) is 3.55. The first-order valence-electron chi connectivity index (χ1n) is 9.32. The third-order valence-corrected chi connectivity index (χ3v) is 5.21. The van der Waals surface area contributed by atoms with Crippen molar-refractivity contribution in [3.05, 3.63) is 70.6 Å². The van der Waals surface area contributed by atoms with E-state index in [0.717, 1.165) is 6.07 Å². The molecule has 0 saturated heterocycles. The SMILES string of the molecule is C=C(c1nc(-c2ccc(OC)cc2)no1)C1(O)C(=O)N(CC)c2ccc([N+](=O)[O-])cc21. The van der Waals surface area contributed by atoms with Crippen LogP contribution in [0.15, 0.2) is 53.6 Å². The molecule has 1 aromatic heterocycles. The van der Waals surface area contributed by atoms with Crippen LogP contribution in [0, 0.1) is 10.1 Å². The first-order valence-corrected chi connectivity index (χ1v) is 9.32. The highest BCUT2D eigenvalue weighted by Crippen LogP contribution is 2.48. The van der Waals surface area contributed by atoms with Crippen LogP contribution in [-0.4, -0.2) is 39.7 Å². The number of likely N-dealkylation sites (N-methyl/N-ethyl adjacent to an activating group) is 1. The number of hydrogen-bond donors (Lipinski definition) is 1. The van der Waals surface area contributed by atoms with E-state index in [-0.39, 0.29) is 35.1 Å². The zero-order chi connectivity index (χ0) is 22.3. The van der Waals surface area contributed by atoms with Gasteiger partial charge in [0.2, 0.25) is 11.4 Å². The molecule has 2 aromatic carbocycles. The summed E-state index contributed by atoms with van der Waals surface area (Å²) in [5, 5.41) is 26.6. The van der Waals surface area contributed by atoms with E-state index < -0.39 is 16.4 Å². The lowest BCUT2D eigenvalue weighted by Crippen LogP contribution is -2.41. The molecule has 3 aromatic rings. The molecule has 158 valence electrons. The molecular formula is C21H18N4O6. The van der Waals surface area contributed by atoms with Crippen molar-refractivity contribution in [2.45, 2.75) is 12.5 Å². The molecule has 10 nitrogen and oxygen atoms in total. The van der Waals surface area contributed by atoms with E-state index in [1.54, 1.807) is 38.3 Å². The van der Waals surface area contributed by atoms with Gasteiger partial charge in [0.1, 0.15) is 5.75 Å². The van der Waals surface area contributed by atoms with Crippen LogP contribution in [0.2, 0.25) is 0 Å². The number of rotatable bonds is 6. The number of hydrogen-bond acceptors (Lipinski definition) is 8. The Morgan fingerprint density at radius 3 is 2.65 bits per heavy atom. The number of anilines is 1. The van der Waals surface area contributed by atoms with Gasteiger partial charge in [0, 0.05) is 29.8 Å². The smallest absolute Gasteiger partial charge is 0.269 e. The summed E-state index contributed by atoms with van der Waals surface area (Å²) in [6.45, 7) is 5.80. The van der Waals surface area contributed by atoms with Crippen molar-refractivity contribution in [3.8, 4) is 17.1 Å². The van der Waals surface area contributed by atoms with Crippen LogP contribution in [0.5, 0.6) is 5.75 Å². The topological polar surface area (TPSA) is 132 Å². The largest absolute Gasteiger partial charge is 0.497 e. The van der Waals surface area contributed by atoms with Gasteiger partial charge in [-0.1, -0.05) is 11.7 Å². The highest BCUT2D eigenvalue weighted by Gasteiger charge is 2.53. The Kier molecular flexibility index (Phi) is 4.78. The summed E-state index contributed by atoms with van der Waals surface area (Å²) >= 11 is 0. The summed E-state index contributed by atoms with van der Waals surface area (Å²) in [7, 11) is 1.55. The summed E-state index contributed by atoms with van der Waals surface area (Å²) in [4.78, 5) is 29.3. The third-order valence-electron chi connectivity index (χ3n) is 5.21. The van der Waals surface area contributed by atoms with Crippen LogP contribution in [0.3, 0.4) is 0 Å². The fourth-order valence-corrected chi connectivity index (χ4v) is 3.55. The van der Waals surface area contributed by atoms with Crippen LogP contribution < -0.4 is 9.64 Å². The second-order valence-electron chi connectivity index (χ2n) is 6.85. The molecule has 1 aliphatic rings. The van der Waals surface area contributed by atoms with E-state index in [4.69, 9.17) is 9.26 Å². The van der Waals surface area contributed by atoms with E-state index in [9.17, 15) is 20.0 Å². The van der Waals surface area contributed by atoms with Crippen molar-refractivity contribution in [1.82, 2.24) is 10.1 Å². The number of aromatic nitrogens is 2. The minimum absolute atomic E-state index is 0.0442. The molecule has 1 amide bonds. The quantitative estimate of drug-likeness (QED) is 0.474. The van der Waals surface area contributed by atoms with Gasteiger partial charge in [0.05, 0.1) is 23.3 Å². The number of carbonyl (C=O) groups excluding carboxylic acids is 1. The molecule has 1 atom stereocenters. The molecule has 1 aliphatic heterocycles. The second-order valence-corrected chi connectivity index (χ2v) is 6.85. The average Bonchev–Trinajstić information content (AvgIpc) is 3.35. The van der Waals surface area contributed by atoms with Crippen LogP contribution in [0.1, 0.15) is 18.4 Å². The lowest BCUT2D eigenvalue weighted by atomic mass is 9.87. The molecule has 1 N–H and O–H groups in total. The summed E-state index contributed by atoms with van der Waals surface area (Å²) in [6, 6.07) is 10.8. The predicted molar refractivity (Wildman–Crippen MR) is 110 cm³/mol. The van der Waals surface area contributed by atoms with Gasteiger partial charge in [0.15, 0.2) is 0 Å². The molecule has 2 heterocycles. The molecule has 0 aliphatic carbocycles. The van der Waals surface area contributed by atoms with Crippen molar-refractivity contribution in [3.63, 3.8) is 0 Å². The Balaban J connectivity index is 1.76. The third kappa shape index (κ3) is 3.04. The number of non-ortho nitro benzene ring substituents is 1. The normalized spacial score (nSPS) is 17.5. The lowest BCUT2D eigenvalue weighted by Gasteiger charge is -2.22. The highest BCUT2D eigenvalue weighted by atomic mass is 16.6. The molecule has 0 saturated carbocycles. The Morgan fingerprint density at radius 1 is 1.32 bits per heavy atom. The van der Waals surface area contributed by atoms with Gasteiger partial charge in [-0.2, -0.15) is 4.98 Å². The zero-order valence-corrected chi connectivity index (χ0v) is 16.7. The number of amides is 1. The Morgan fingerprint density at radius 2 is 2.03 bits per heavy atom. The monoisotopic (exact) mass is 422 g/mol. The molecule has 1 unspecified atom stereocenters. The van der Waals surface area contributed by atoms with Crippen LogP contribution in [-0.2, 0) is 10.4 Å². The van der Waals surface area contributed by atoms with Crippen molar-refractivity contribution in [2.75, 3.05) is 18.6 Å². The van der Waals surface area contributed by atoms with Crippen LogP contribution in [0.4, 0.5) is 11.4 Å². The number of nitro benzene ring substituents is 1. The fraction of sp³-hybridized carbons (Fsp3) is 0.190. The van der Waals surface area contributed by atoms with E-state index in [1.807, 2.05) is 0 Å². The lowest BCUT2D eigenvalue weighted by molar-refractivity contribution is -0.385. The number of carbonyl (C=O) groups is 1. The summed E-state index contributed by atoms with van der Waals surface area (Å²) in [5.41, 5.74) is -1.68. The Hall–Kier alpha value is -4.05. The van der Waals surface area contributed by atoms with E-state index in [2.05, 4.69) is 16.7 Å². The number of ether oxygens (including phenoxy) is 1. The molecule has 0 fully saturated rings. The number of nitrogens with zero attached hydrogens (tertiary/aromatic N) is 4. The van der Waals surface area contributed by atoms with Crippen molar-refractivity contribution in [1.29, 1.82) is 0 Å². The molecule has 0 radical (unpaired) electrons. The van der Waals surface area contributed by atoms with Crippen molar-refractivity contribution >= 4 is 22.9 Å². The molecule has 0 spiro atoms. The molecule has 10 heteroatoms. The first-order chi connectivity index (χ1) is 14.8. The van der Waals surface area contributed by atoms with E-state index >= 15 is 0 Å². The van der Waals surface area contributed by atoms with Gasteiger partial charge in [-0.3, -0.25) is 14.9 Å². The summed E-state index contributed by atoms with van der Waals surface area (Å²) in [6.07, 6.45) is 0. The molecular weight excluding hydrogens is 404 g/mol. The summed E-state index contributed by atoms with van der Waals surface area (Å²) < 4.78 is 10.4. The van der Waals surface area contributed by atoms with Gasteiger partial charge >= 0.3 is 0 Å². The first kappa shape index (κ1) is 20.2. The summed E-state index contributed by atoms with van der Waals surface area (Å²) in [5.74, 6) is 0.0248. The zero-order valence-electron chi connectivity index (χ0n) is 16.7. The van der Waals surface area contributed by atoms with Gasteiger partial charge in [-0.25, -0.2) is 0 Å². The highest BCUT2D eigenvalue weighted by molar-refractivity contribution is 6.14. The Labute approximate surface area is 176 Å². The van der Waals surface area contributed by atoms with Crippen molar-refractivity contribution in [2.24, 2.45) is 0 Å². The van der Waals surface area contributed by atoms with Gasteiger partial charge in [-0.15, -0.1) is 0 Å². The maximum atomic E-state index is 13.1. The number of methoxy groups -OCH3 is 1. The number of benzene rings is 2. The number of aliphatic hydroxyl groups is 1. The molecule has 4 rings (SSSR count). The minimum atomic E-state index is -2.28. The number of nitro groups is 1. The minimum Gasteiger partial charge on any atom is -0.497 e. The van der Waals surface area contributed by atoms with Gasteiger partial charge in [-0.05, 0) is 37.3 Å². The standard InChI is InChI=1S/C21H18N4O6/c1-4-24-17-10-7-14(25(28)29)11-16(17)21(27,20(24)26)12(2)19-22-18(23-31-19)13-5-8-15(30-3)9-6-13/h5-11,27H,2,4H2,1,3H3. The number of fused-ring (bicyclic) bond motifs is 1. The van der Waals surface area contributed by atoms with Gasteiger partial charge < -0.3 is 19.3 Å². The van der Waals surface area contributed by atoms with Crippen LogP contribution in [0.25, 0.3) is 17.0 Å². The second kappa shape index (κ2) is 7.33. The van der Waals surface area contributed by atoms with Crippen LogP contribution >= 0.6 is 0 Å². The predicted octanol–water partition coefficient (Wildman–Crippen LogP) is 2.92. The van der Waals surface area contributed by atoms with Crippen molar-refractivity contribution < 1.29 is 24.1 Å².